The van der Waals surface area contributed by atoms with Crippen LogP contribution >= 0.6 is 0 Å². The smallest absolute Gasteiger partial charge is 0.277 e. The van der Waals surface area contributed by atoms with Gasteiger partial charge in [0, 0.05) is 13.1 Å². The SMILES string of the molecule is COc1ccc(C[NH+]2CC[NH+](CC(=O)N3CCCCCC3)CC2)c(OC)c1OC. The molecule has 29 heavy (non-hydrogen) atoms. The Morgan fingerprint density at radius 3 is 2.07 bits per heavy atom. The highest BCUT2D eigenvalue weighted by atomic mass is 16.5. The van der Waals surface area contributed by atoms with Gasteiger partial charge in [-0.1, -0.05) is 12.8 Å². The highest BCUT2D eigenvalue weighted by Gasteiger charge is 2.28. The fourth-order valence-corrected chi connectivity index (χ4v) is 4.53. The van der Waals surface area contributed by atoms with E-state index >= 15 is 0 Å². The summed E-state index contributed by atoms with van der Waals surface area (Å²) in [6, 6.07) is 4.01. The predicted octanol–water partition coefficient (Wildman–Crippen LogP) is -0.602. The number of ether oxygens (including phenoxy) is 3. The van der Waals surface area contributed by atoms with Gasteiger partial charge in [-0.25, -0.2) is 0 Å². The molecule has 1 aromatic rings. The molecule has 2 aliphatic heterocycles. The highest BCUT2D eigenvalue weighted by Crippen LogP contribution is 2.39. The zero-order valence-electron chi connectivity index (χ0n) is 18.2. The van der Waals surface area contributed by atoms with Crippen LogP contribution in [0.25, 0.3) is 0 Å². The second-order valence-electron chi connectivity index (χ2n) is 8.14. The van der Waals surface area contributed by atoms with Gasteiger partial charge in [0.05, 0.1) is 26.9 Å². The molecule has 0 unspecified atom stereocenters. The lowest BCUT2D eigenvalue weighted by atomic mass is 10.1. The summed E-state index contributed by atoms with van der Waals surface area (Å²) in [6.07, 6.45) is 4.84. The van der Waals surface area contributed by atoms with Crippen molar-refractivity contribution in [3.05, 3.63) is 17.7 Å². The van der Waals surface area contributed by atoms with Crippen LogP contribution in [0.3, 0.4) is 0 Å². The molecule has 1 amide bonds. The van der Waals surface area contributed by atoms with Crippen molar-refractivity contribution in [2.45, 2.75) is 32.2 Å². The molecule has 7 heteroatoms. The summed E-state index contributed by atoms with van der Waals surface area (Å²) in [5, 5.41) is 0. The topological polar surface area (TPSA) is 56.9 Å². The number of nitrogens with one attached hydrogen (secondary N) is 2. The molecule has 0 saturated carbocycles. The van der Waals surface area contributed by atoms with Gasteiger partial charge >= 0.3 is 0 Å². The number of quaternary nitrogens is 2. The molecule has 0 aromatic heterocycles. The highest BCUT2D eigenvalue weighted by molar-refractivity contribution is 5.77. The molecule has 0 spiro atoms. The van der Waals surface area contributed by atoms with Gasteiger partial charge in [0.1, 0.15) is 32.7 Å². The maximum Gasteiger partial charge on any atom is 0.277 e. The van der Waals surface area contributed by atoms with E-state index in [1.165, 1.54) is 22.6 Å². The molecule has 7 nitrogen and oxygen atoms in total. The van der Waals surface area contributed by atoms with Gasteiger partial charge in [-0.2, -0.15) is 0 Å². The number of carbonyl (C=O) groups is 1. The number of hydrogen-bond donors (Lipinski definition) is 2. The zero-order chi connectivity index (χ0) is 20.6. The maximum atomic E-state index is 12.7. The van der Waals surface area contributed by atoms with E-state index in [0.29, 0.717) is 24.0 Å². The predicted molar refractivity (Wildman–Crippen MR) is 111 cm³/mol. The molecule has 2 heterocycles. The van der Waals surface area contributed by atoms with Gasteiger partial charge in [0.25, 0.3) is 5.91 Å². The first kappa shape index (κ1) is 21.7. The van der Waals surface area contributed by atoms with Gasteiger partial charge < -0.3 is 28.9 Å². The number of piperazine rings is 1. The Labute approximate surface area is 174 Å². The number of rotatable bonds is 7. The van der Waals surface area contributed by atoms with Gasteiger partial charge in [-0.3, -0.25) is 4.79 Å². The molecule has 162 valence electrons. The van der Waals surface area contributed by atoms with Crippen molar-refractivity contribution in [2.24, 2.45) is 0 Å². The van der Waals surface area contributed by atoms with Crippen LogP contribution in [0.2, 0.25) is 0 Å². The molecule has 3 rings (SSSR count). The minimum Gasteiger partial charge on any atom is -0.493 e. The number of hydrogen-bond acceptors (Lipinski definition) is 4. The van der Waals surface area contributed by atoms with E-state index in [4.69, 9.17) is 14.2 Å². The Hall–Kier alpha value is -1.99. The standard InChI is InChI=1S/C22H35N3O4/c1-27-19-9-8-18(21(28-2)22(19)29-3)16-23-12-14-24(15-13-23)17-20(26)25-10-6-4-5-7-11-25/h8-9H,4-7,10-17H2,1-3H3/p+2. The summed E-state index contributed by atoms with van der Waals surface area (Å²) in [4.78, 5) is 17.7. The zero-order valence-corrected chi connectivity index (χ0v) is 18.2. The van der Waals surface area contributed by atoms with Crippen LogP contribution < -0.4 is 24.0 Å². The minimum atomic E-state index is 0.340. The summed E-state index contributed by atoms with van der Waals surface area (Å²) in [5.41, 5.74) is 1.13. The summed E-state index contributed by atoms with van der Waals surface area (Å²) in [7, 11) is 4.95. The maximum absolute atomic E-state index is 12.7. The number of nitrogens with zero attached hydrogens (tertiary/aromatic N) is 1. The van der Waals surface area contributed by atoms with Crippen LogP contribution in [0.15, 0.2) is 12.1 Å². The third kappa shape index (κ3) is 5.54. The van der Waals surface area contributed by atoms with Crippen molar-refractivity contribution < 1.29 is 28.8 Å². The van der Waals surface area contributed by atoms with Crippen LogP contribution in [0.4, 0.5) is 0 Å². The lowest BCUT2D eigenvalue weighted by molar-refractivity contribution is -1.02. The van der Waals surface area contributed by atoms with Gasteiger partial charge in [-0.05, 0) is 25.0 Å². The fourth-order valence-electron chi connectivity index (χ4n) is 4.53. The first-order valence-corrected chi connectivity index (χ1v) is 10.9. The molecule has 2 N–H and O–H groups in total. The number of carbonyl (C=O) groups excluding carboxylic acids is 1. The van der Waals surface area contributed by atoms with Crippen molar-refractivity contribution >= 4 is 5.91 Å². The average molecular weight is 408 g/mol. The third-order valence-electron chi connectivity index (χ3n) is 6.25. The van der Waals surface area contributed by atoms with Crippen LogP contribution in [-0.4, -0.2) is 77.9 Å². The average Bonchev–Trinajstić information content (AvgIpc) is 3.04. The molecule has 0 bridgehead atoms. The number of methoxy groups -OCH3 is 3. The van der Waals surface area contributed by atoms with Gasteiger partial charge in [-0.15, -0.1) is 0 Å². The van der Waals surface area contributed by atoms with Crippen molar-refractivity contribution in [1.82, 2.24) is 4.90 Å². The van der Waals surface area contributed by atoms with E-state index in [1.807, 2.05) is 6.07 Å². The van der Waals surface area contributed by atoms with E-state index in [2.05, 4.69) is 11.0 Å². The van der Waals surface area contributed by atoms with Crippen molar-refractivity contribution in [3.63, 3.8) is 0 Å². The Morgan fingerprint density at radius 1 is 0.862 bits per heavy atom. The summed E-state index contributed by atoms with van der Waals surface area (Å²) in [6.45, 7) is 7.60. The lowest BCUT2D eigenvalue weighted by Gasteiger charge is -2.31. The Bertz CT molecular complexity index is 666. The molecular weight excluding hydrogens is 370 g/mol. The normalized spacial score (nSPS) is 22.7. The summed E-state index contributed by atoms with van der Waals surface area (Å²) < 4.78 is 16.5. The molecule has 0 atom stereocenters. The molecule has 2 fully saturated rings. The molecule has 0 aliphatic carbocycles. The van der Waals surface area contributed by atoms with E-state index in [-0.39, 0.29) is 0 Å². The number of likely N-dealkylation sites (tertiary alicyclic amines) is 1. The second-order valence-corrected chi connectivity index (χ2v) is 8.14. The largest absolute Gasteiger partial charge is 0.493 e. The quantitative estimate of drug-likeness (QED) is 0.634. The van der Waals surface area contributed by atoms with Crippen LogP contribution in [0.1, 0.15) is 31.2 Å². The first-order valence-electron chi connectivity index (χ1n) is 10.9. The van der Waals surface area contributed by atoms with Crippen LogP contribution in [-0.2, 0) is 11.3 Å². The first-order chi connectivity index (χ1) is 14.2. The fraction of sp³-hybridized carbons (Fsp3) is 0.682. The van der Waals surface area contributed by atoms with E-state index < -0.39 is 0 Å². The minimum absolute atomic E-state index is 0.340. The van der Waals surface area contributed by atoms with Gasteiger partial charge in [0.2, 0.25) is 5.75 Å². The van der Waals surface area contributed by atoms with Crippen LogP contribution in [0, 0.1) is 0 Å². The van der Waals surface area contributed by atoms with Crippen molar-refractivity contribution in [1.29, 1.82) is 0 Å². The lowest BCUT2D eigenvalue weighted by Crippen LogP contribution is -3.28. The summed E-state index contributed by atoms with van der Waals surface area (Å²) in [5.74, 6) is 2.43. The number of amides is 1. The van der Waals surface area contributed by atoms with E-state index in [0.717, 1.165) is 70.0 Å². The molecule has 0 radical (unpaired) electrons. The molecule has 2 aliphatic rings. The Kier molecular flexibility index (Phi) is 8.00. The third-order valence-corrected chi connectivity index (χ3v) is 6.25. The van der Waals surface area contributed by atoms with Crippen molar-refractivity contribution in [2.75, 3.05) is 67.1 Å². The van der Waals surface area contributed by atoms with Crippen LogP contribution in [0.5, 0.6) is 17.2 Å². The van der Waals surface area contributed by atoms with E-state index in [9.17, 15) is 4.79 Å². The molecule has 1 aromatic carbocycles. The summed E-state index contributed by atoms with van der Waals surface area (Å²) >= 11 is 0. The van der Waals surface area contributed by atoms with E-state index in [1.54, 1.807) is 21.3 Å². The molecular formula is C22H37N3O4+2. The molecule has 2 saturated heterocycles. The van der Waals surface area contributed by atoms with Crippen molar-refractivity contribution in [3.8, 4) is 17.2 Å². The Balaban J connectivity index is 1.53. The monoisotopic (exact) mass is 407 g/mol. The Morgan fingerprint density at radius 2 is 1.48 bits per heavy atom. The second kappa shape index (κ2) is 10.7. The van der Waals surface area contributed by atoms with Gasteiger partial charge in [0.15, 0.2) is 18.0 Å². The number of benzene rings is 1.